The molecule has 0 spiro atoms. The Balaban J connectivity index is 1.83. The number of rotatable bonds is 9. The van der Waals surface area contributed by atoms with Gasteiger partial charge in [-0.05, 0) is 55.6 Å². The molecule has 0 heterocycles. The Hall–Kier alpha value is -1.26. The number of hydrogen-bond donors (Lipinski definition) is 0. The molecule has 1 aromatic rings. The highest BCUT2D eigenvalue weighted by Gasteiger charge is 2.32. The van der Waals surface area contributed by atoms with E-state index >= 15 is 0 Å². The Morgan fingerprint density at radius 1 is 1.08 bits per heavy atom. The molecule has 1 atom stereocenters. The fraction of sp³-hybridized carbons (Fsp3) is 0.714. The third-order valence-corrected chi connectivity index (χ3v) is 5.59. The molecule has 0 aliphatic heterocycles. The van der Waals surface area contributed by atoms with Crippen molar-refractivity contribution in [2.75, 3.05) is 0 Å². The van der Waals surface area contributed by atoms with E-state index in [0.29, 0.717) is 24.3 Å². The van der Waals surface area contributed by atoms with Crippen molar-refractivity contribution in [3.8, 4) is 5.75 Å². The second-order valence-corrected chi connectivity index (χ2v) is 7.78. The second-order valence-electron chi connectivity index (χ2n) is 7.78. The van der Waals surface area contributed by atoms with E-state index < -0.39 is 24.2 Å². The lowest BCUT2D eigenvalue weighted by Gasteiger charge is -2.33. The first-order chi connectivity index (χ1) is 12.3. The number of hydrogen-bond acceptors (Lipinski definition) is 1. The molecule has 0 bridgehead atoms. The van der Waals surface area contributed by atoms with Crippen LogP contribution in [0.25, 0.3) is 0 Å². The van der Waals surface area contributed by atoms with Gasteiger partial charge in [0.25, 0.3) is 0 Å². The van der Waals surface area contributed by atoms with E-state index in [4.69, 9.17) is 0 Å². The fourth-order valence-electron chi connectivity index (χ4n) is 4.08. The van der Waals surface area contributed by atoms with Crippen molar-refractivity contribution in [3.63, 3.8) is 0 Å². The molecule has 0 N–H and O–H groups in total. The molecule has 0 unspecified atom stereocenters. The van der Waals surface area contributed by atoms with Crippen LogP contribution in [0, 0.1) is 29.4 Å². The minimum atomic E-state index is -3.37. The van der Waals surface area contributed by atoms with Crippen LogP contribution in [-0.4, -0.2) is 6.11 Å². The van der Waals surface area contributed by atoms with E-state index in [1.807, 2.05) is 0 Å². The normalized spacial score (nSPS) is 22.2. The predicted octanol–water partition coefficient (Wildman–Crippen LogP) is 7.35. The standard InChI is InChI=1S/C21H30F4O/c1-3-5-16(17-9-7-15(2)8-10-17)6-4-13-21(24,25)26-18-11-12-19(22)20(23)14-18/h11-12,14-17H,3-10,13H2,1-2H3/t15?,16-,17?/m1/s1. The van der Waals surface area contributed by atoms with Gasteiger partial charge in [-0.2, -0.15) is 8.78 Å². The lowest BCUT2D eigenvalue weighted by atomic mass is 9.73. The summed E-state index contributed by atoms with van der Waals surface area (Å²) in [5, 5.41) is 0. The fourth-order valence-corrected chi connectivity index (χ4v) is 4.08. The molecule has 148 valence electrons. The number of alkyl halides is 2. The number of ether oxygens (including phenoxy) is 1. The molecule has 5 heteroatoms. The van der Waals surface area contributed by atoms with Gasteiger partial charge in [-0.25, -0.2) is 8.78 Å². The van der Waals surface area contributed by atoms with E-state index in [-0.39, 0.29) is 5.75 Å². The number of benzene rings is 1. The van der Waals surface area contributed by atoms with Crippen LogP contribution < -0.4 is 4.74 Å². The lowest BCUT2D eigenvalue weighted by Crippen LogP contribution is -2.26. The van der Waals surface area contributed by atoms with Crippen molar-refractivity contribution in [1.29, 1.82) is 0 Å². The zero-order valence-corrected chi connectivity index (χ0v) is 15.7. The van der Waals surface area contributed by atoms with Crippen LogP contribution in [0.15, 0.2) is 18.2 Å². The van der Waals surface area contributed by atoms with Gasteiger partial charge in [-0.15, -0.1) is 0 Å². The zero-order valence-electron chi connectivity index (χ0n) is 15.7. The molecule has 26 heavy (non-hydrogen) atoms. The highest BCUT2D eigenvalue weighted by atomic mass is 19.3. The first-order valence-corrected chi connectivity index (χ1v) is 9.82. The highest BCUT2D eigenvalue weighted by molar-refractivity contribution is 5.23. The van der Waals surface area contributed by atoms with Gasteiger partial charge in [0, 0.05) is 6.07 Å². The monoisotopic (exact) mass is 374 g/mol. The van der Waals surface area contributed by atoms with E-state index in [0.717, 1.165) is 37.3 Å². The van der Waals surface area contributed by atoms with E-state index in [1.54, 1.807) is 0 Å². The summed E-state index contributed by atoms with van der Waals surface area (Å²) in [5.74, 6) is -0.696. The molecule has 1 aromatic carbocycles. The van der Waals surface area contributed by atoms with Crippen molar-refractivity contribution in [2.24, 2.45) is 17.8 Å². The Kier molecular flexibility index (Phi) is 7.78. The maximum Gasteiger partial charge on any atom is 0.397 e. The number of halogens is 4. The van der Waals surface area contributed by atoms with Crippen LogP contribution in [0.4, 0.5) is 17.6 Å². The Bertz CT molecular complexity index is 553. The van der Waals surface area contributed by atoms with Crippen molar-refractivity contribution < 1.29 is 22.3 Å². The predicted molar refractivity (Wildman–Crippen MR) is 95.3 cm³/mol. The topological polar surface area (TPSA) is 9.23 Å². The van der Waals surface area contributed by atoms with Gasteiger partial charge in [0.1, 0.15) is 5.75 Å². The minimum absolute atomic E-state index is 0.347. The molecule has 1 aliphatic carbocycles. The van der Waals surface area contributed by atoms with Crippen molar-refractivity contribution in [3.05, 3.63) is 29.8 Å². The molecular formula is C21H30F4O. The summed E-state index contributed by atoms with van der Waals surface area (Å²) in [6.45, 7) is 4.42. The first kappa shape index (κ1) is 21.0. The third kappa shape index (κ3) is 6.48. The van der Waals surface area contributed by atoms with Gasteiger partial charge in [0.05, 0.1) is 6.42 Å². The first-order valence-electron chi connectivity index (χ1n) is 9.82. The van der Waals surface area contributed by atoms with Gasteiger partial charge in [-0.3, -0.25) is 0 Å². The van der Waals surface area contributed by atoms with Gasteiger partial charge >= 0.3 is 6.11 Å². The molecule has 2 rings (SSSR count). The van der Waals surface area contributed by atoms with Crippen LogP contribution in [0.3, 0.4) is 0 Å². The van der Waals surface area contributed by atoms with Crippen molar-refractivity contribution >= 4 is 0 Å². The molecule has 0 amide bonds. The second kappa shape index (κ2) is 9.61. The molecule has 1 nitrogen and oxygen atoms in total. The molecular weight excluding hydrogens is 344 g/mol. The Morgan fingerprint density at radius 2 is 1.77 bits per heavy atom. The van der Waals surface area contributed by atoms with E-state index in [1.165, 1.54) is 25.7 Å². The van der Waals surface area contributed by atoms with Gasteiger partial charge in [0.15, 0.2) is 11.6 Å². The van der Waals surface area contributed by atoms with E-state index in [2.05, 4.69) is 18.6 Å². The summed E-state index contributed by atoms with van der Waals surface area (Å²) in [6.07, 6.45) is 4.38. The van der Waals surface area contributed by atoms with Gasteiger partial charge in [0.2, 0.25) is 0 Å². The highest BCUT2D eigenvalue weighted by Crippen LogP contribution is 2.38. The van der Waals surface area contributed by atoms with Crippen LogP contribution >= 0.6 is 0 Å². The average molecular weight is 374 g/mol. The van der Waals surface area contributed by atoms with Gasteiger partial charge in [-0.1, -0.05) is 39.5 Å². The maximum absolute atomic E-state index is 14.0. The van der Waals surface area contributed by atoms with Crippen molar-refractivity contribution in [1.82, 2.24) is 0 Å². The summed E-state index contributed by atoms with van der Waals surface area (Å²) in [7, 11) is 0. The quantitative estimate of drug-likeness (QED) is 0.411. The largest absolute Gasteiger partial charge is 0.432 e. The average Bonchev–Trinajstić information content (AvgIpc) is 2.58. The third-order valence-electron chi connectivity index (χ3n) is 5.59. The summed E-state index contributed by atoms with van der Waals surface area (Å²) in [6, 6.07) is 2.48. The molecule has 1 fully saturated rings. The molecule has 0 radical (unpaired) electrons. The molecule has 0 saturated heterocycles. The van der Waals surface area contributed by atoms with Crippen LogP contribution in [0.5, 0.6) is 5.75 Å². The minimum Gasteiger partial charge on any atom is -0.432 e. The molecule has 1 saturated carbocycles. The SMILES string of the molecule is CCC[C@H](CCCC(F)(F)Oc1ccc(F)c(F)c1)C1CCC(C)CC1. The maximum atomic E-state index is 14.0. The molecule has 0 aromatic heterocycles. The van der Waals surface area contributed by atoms with Gasteiger partial charge < -0.3 is 4.74 Å². The summed E-state index contributed by atoms with van der Waals surface area (Å²) >= 11 is 0. The Labute approximate surface area is 154 Å². The van der Waals surface area contributed by atoms with Crippen molar-refractivity contribution in [2.45, 2.75) is 77.7 Å². The van der Waals surface area contributed by atoms with E-state index in [9.17, 15) is 17.6 Å². The summed E-state index contributed by atoms with van der Waals surface area (Å²) in [5.41, 5.74) is 0. The smallest absolute Gasteiger partial charge is 0.397 e. The summed E-state index contributed by atoms with van der Waals surface area (Å²) in [4.78, 5) is 0. The Morgan fingerprint density at radius 3 is 2.38 bits per heavy atom. The lowest BCUT2D eigenvalue weighted by molar-refractivity contribution is -0.182. The van der Waals surface area contributed by atoms with Crippen LogP contribution in [-0.2, 0) is 0 Å². The van der Waals surface area contributed by atoms with Crippen LogP contribution in [0.1, 0.15) is 71.6 Å². The molecule has 1 aliphatic rings. The van der Waals surface area contributed by atoms with Crippen LogP contribution in [0.2, 0.25) is 0 Å². The zero-order chi connectivity index (χ0) is 19.2. The summed E-state index contributed by atoms with van der Waals surface area (Å²) < 4.78 is 58.7.